The molecule has 5 nitrogen and oxygen atoms in total. The van der Waals surface area contributed by atoms with E-state index in [4.69, 9.17) is 34.8 Å². The Morgan fingerprint density at radius 3 is 2.13 bits per heavy atom. The van der Waals surface area contributed by atoms with Crippen molar-refractivity contribution in [2.75, 3.05) is 17.1 Å². The average Bonchev–Trinajstić information content (AvgIpc) is 2.39. The summed E-state index contributed by atoms with van der Waals surface area (Å²) in [6.07, 6.45) is 0.991. The van der Waals surface area contributed by atoms with E-state index < -0.39 is 22.5 Å². The molecule has 0 unspecified atom stereocenters. The van der Waals surface area contributed by atoms with Crippen molar-refractivity contribution < 1.29 is 13.2 Å². The number of nitrogens with one attached hydrogen (secondary N) is 1. The highest BCUT2D eigenvalue weighted by molar-refractivity contribution is 7.92. The minimum absolute atomic E-state index is 0.0896. The molecule has 1 N–H and O–H groups in total. The highest BCUT2D eigenvalue weighted by Gasteiger charge is 2.25. The van der Waals surface area contributed by atoms with Crippen LogP contribution in [0.5, 0.6) is 0 Å². The lowest BCUT2D eigenvalue weighted by molar-refractivity contribution is -0.120. The van der Waals surface area contributed by atoms with Crippen molar-refractivity contribution in [3.8, 4) is 0 Å². The number of carbonyl (C=O) groups excluding carboxylic acids is 1. The molecule has 0 heterocycles. The van der Waals surface area contributed by atoms with Crippen molar-refractivity contribution >= 4 is 56.4 Å². The van der Waals surface area contributed by atoms with Crippen LogP contribution in [0.4, 0.5) is 5.69 Å². The fourth-order valence-corrected chi connectivity index (χ4v) is 3.23. The molecular formula is C14H19Cl3N2O3S. The fourth-order valence-electron chi connectivity index (χ4n) is 1.68. The van der Waals surface area contributed by atoms with Gasteiger partial charge in [-0.05, 0) is 25.0 Å². The highest BCUT2D eigenvalue weighted by atomic mass is 35.5. The summed E-state index contributed by atoms with van der Waals surface area (Å²) >= 11 is 17.8. The fraction of sp³-hybridized carbons (Fsp3) is 0.500. The molecule has 0 aromatic heterocycles. The number of amides is 1. The zero-order valence-electron chi connectivity index (χ0n) is 13.2. The topological polar surface area (TPSA) is 66.5 Å². The van der Waals surface area contributed by atoms with E-state index in [0.29, 0.717) is 0 Å². The maximum absolute atomic E-state index is 12.1. The molecule has 1 aromatic rings. The molecule has 1 rings (SSSR count). The standard InChI is InChI=1S/C14H19Cl3N2O3S/c1-8(2)9(3)18-14(20)7-19(23(4,21)22)13-6-11(16)10(15)5-12(13)17/h5-6,8-9H,7H2,1-4H3,(H,18,20)/t9-/m0/s1. The Hall–Kier alpha value is -0.690. The number of hydrogen-bond acceptors (Lipinski definition) is 3. The third-order valence-electron chi connectivity index (χ3n) is 3.33. The summed E-state index contributed by atoms with van der Waals surface area (Å²) in [6, 6.07) is 2.58. The van der Waals surface area contributed by atoms with Crippen molar-refractivity contribution in [2.45, 2.75) is 26.8 Å². The van der Waals surface area contributed by atoms with Gasteiger partial charge in [-0.1, -0.05) is 48.7 Å². The van der Waals surface area contributed by atoms with Gasteiger partial charge in [-0.25, -0.2) is 8.42 Å². The van der Waals surface area contributed by atoms with Gasteiger partial charge in [0.05, 0.1) is 27.0 Å². The van der Waals surface area contributed by atoms with E-state index in [1.807, 2.05) is 20.8 Å². The van der Waals surface area contributed by atoms with E-state index in [0.717, 1.165) is 10.6 Å². The highest BCUT2D eigenvalue weighted by Crippen LogP contribution is 2.35. The minimum Gasteiger partial charge on any atom is -0.352 e. The number of hydrogen-bond donors (Lipinski definition) is 1. The van der Waals surface area contributed by atoms with Gasteiger partial charge < -0.3 is 5.32 Å². The molecule has 1 amide bonds. The van der Waals surface area contributed by atoms with E-state index in [9.17, 15) is 13.2 Å². The number of benzene rings is 1. The lowest BCUT2D eigenvalue weighted by Crippen LogP contribution is -2.44. The molecule has 1 aromatic carbocycles. The molecule has 0 bridgehead atoms. The van der Waals surface area contributed by atoms with Crippen LogP contribution in [0.25, 0.3) is 0 Å². The minimum atomic E-state index is -3.73. The second-order valence-corrected chi connectivity index (χ2v) is 8.72. The van der Waals surface area contributed by atoms with Crippen LogP contribution >= 0.6 is 34.8 Å². The maximum Gasteiger partial charge on any atom is 0.240 e. The first kappa shape index (κ1) is 20.4. The van der Waals surface area contributed by atoms with Crippen molar-refractivity contribution in [1.82, 2.24) is 5.32 Å². The summed E-state index contributed by atoms with van der Waals surface area (Å²) in [6.45, 7) is 5.36. The van der Waals surface area contributed by atoms with Crippen molar-refractivity contribution in [3.63, 3.8) is 0 Å². The molecule has 0 radical (unpaired) electrons. The van der Waals surface area contributed by atoms with Gasteiger partial charge in [-0.2, -0.15) is 0 Å². The van der Waals surface area contributed by atoms with Gasteiger partial charge in [-0.15, -0.1) is 0 Å². The quantitative estimate of drug-likeness (QED) is 0.741. The Balaban J connectivity index is 3.13. The molecule has 0 fully saturated rings. The third kappa shape index (κ3) is 5.71. The van der Waals surface area contributed by atoms with Gasteiger partial charge in [0.2, 0.25) is 15.9 Å². The zero-order chi connectivity index (χ0) is 17.9. The van der Waals surface area contributed by atoms with Crippen molar-refractivity contribution in [3.05, 3.63) is 27.2 Å². The molecule has 0 aliphatic rings. The normalized spacial score (nSPS) is 13.0. The number of carbonyl (C=O) groups is 1. The molecule has 0 saturated heterocycles. The largest absolute Gasteiger partial charge is 0.352 e. The molecule has 0 saturated carbocycles. The predicted molar refractivity (Wildman–Crippen MR) is 96.1 cm³/mol. The van der Waals surface area contributed by atoms with Crippen molar-refractivity contribution in [2.24, 2.45) is 5.92 Å². The first-order valence-electron chi connectivity index (χ1n) is 6.85. The van der Waals surface area contributed by atoms with Crippen molar-refractivity contribution in [1.29, 1.82) is 0 Å². The predicted octanol–water partition coefficient (Wildman–Crippen LogP) is 3.57. The Labute approximate surface area is 151 Å². The number of rotatable bonds is 6. The van der Waals surface area contributed by atoms with Gasteiger partial charge in [0.1, 0.15) is 6.54 Å². The second kappa shape index (κ2) is 7.92. The van der Waals surface area contributed by atoms with Gasteiger partial charge in [0.15, 0.2) is 0 Å². The molecular weight excluding hydrogens is 383 g/mol. The summed E-state index contributed by atoms with van der Waals surface area (Å²) in [5, 5.41) is 3.19. The van der Waals surface area contributed by atoms with Crippen LogP contribution in [0.1, 0.15) is 20.8 Å². The summed E-state index contributed by atoms with van der Waals surface area (Å²) in [4.78, 5) is 12.1. The van der Waals surface area contributed by atoms with Crippen LogP contribution in [-0.4, -0.2) is 33.2 Å². The van der Waals surface area contributed by atoms with E-state index in [-0.39, 0.29) is 32.7 Å². The number of halogens is 3. The third-order valence-corrected chi connectivity index (χ3v) is 5.49. The maximum atomic E-state index is 12.1. The Morgan fingerprint density at radius 2 is 1.65 bits per heavy atom. The lowest BCUT2D eigenvalue weighted by Gasteiger charge is -2.25. The van der Waals surface area contributed by atoms with E-state index in [2.05, 4.69) is 5.32 Å². The van der Waals surface area contributed by atoms with Gasteiger partial charge in [0.25, 0.3) is 0 Å². The summed E-state index contributed by atoms with van der Waals surface area (Å²) in [5.74, 6) is -0.210. The van der Waals surface area contributed by atoms with Gasteiger partial charge in [0, 0.05) is 6.04 Å². The van der Waals surface area contributed by atoms with E-state index >= 15 is 0 Å². The molecule has 0 aliphatic carbocycles. The lowest BCUT2D eigenvalue weighted by atomic mass is 10.1. The molecule has 9 heteroatoms. The van der Waals surface area contributed by atoms with Crippen LogP contribution in [0, 0.1) is 5.92 Å². The van der Waals surface area contributed by atoms with Crippen LogP contribution in [0.3, 0.4) is 0 Å². The van der Waals surface area contributed by atoms with Crippen LogP contribution < -0.4 is 9.62 Å². The van der Waals surface area contributed by atoms with Crippen LogP contribution in [0.15, 0.2) is 12.1 Å². The molecule has 0 spiro atoms. The average molecular weight is 402 g/mol. The van der Waals surface area contributed by atoms with Crippen LogP contribution in [-0.2, 0) is 14.8 Å². The smallest absolute Gasteiger partial charge is 0.240 e. The first-order chi connectivity index (χ1) is 10.4. The Kier molecular flexibility index (Phi) is 7.01. The summed E-state index contributed by atoms with van der Waals surface area (Å²) in [7, 11) is -3.73. The SMILES string of the molecule is CC(C)[C@H](C)NC(=O)CN(c1cc(Cl)c(Cl)cc1Cl)S(C)(=O)=O. The second-order valence-electron chi connectivity index (χ2n) is 5.59. The zero-order valence-corrected chi connectivity index (χ0v) is 16.3. The number of sulfonamides is 1. The summed E-state index contributed by atoms with van der Waals surface area (Å²) < 4.78 is 25.0. The summed E-state index contributed by atoms with van der Waals surface area (Å²) in [5.41, 5.74) is 0.107. The molecule has 0 aliphatic heterocycles. The Bertz CT molecular complexity index is 693. The van der Waals surface area contributed by atoms with Gasteiger partial charge in [-0.3, -0.25) is 9.10 Å². The Morgan fingerprint density at radius 1 is 1.13 bits per heavy atom. The van der Waals surface area contributed by atoms with E-state index in [1.165, 1.54) is 12.1 Å². The van der Waals surface area contributed by atoms with Gasteiger partial charge >= 0.3 is 0 Å². The molecule has 130 valence electrons. The molecule has 23 heavy (non-hydrogen) atoms. The van der Waals surface area contributed by atoms with Crippen LogP contribution in [0.2, 0.25) is 15.1 Å². The number of anilines is 1. The first-order valence-corrected chi connectivity index (χ1v) is 9.83. The number of nitrogens with zero attached hydrogens (tertiary/aromatic N) is 1. The molecule has 1 atom stereocenters. The van der Waals surface area contributed by atoms with E-state index in [1.54, 1.807) is 0 Å². The monoisotopic (exact) mass is 400 g/mol.